The first-order valence-electron chi connectivity index (χ1n) is 8.06. The van der Waals surface area contributed by atoms with E-state index in [1.807, 2.05) is 6.07 Å². The highest BCUT2D eigenvalue weighted by Gasteiger charge is 2.28. The second-order valence-electron chi connectivity index (χ2n) is 5.83. The number of carbonyl (C=O) groups excluding carboxylic acids is 1. The lowest BCUT2D eigenvalue weighted by atomic mass is 10.2. The summed E-state index contributed by atoms with van der Waals surface area (Å²) >= 11 is 0. The van der Waals surface area contributed by atoms with Gasteiger partial charge in [-0.1, -0.05) is 6.07 Å². The molecule has 2 N–H and O–H groups in total. The summed E-state index contributed by atoms with van der Waals surface area (Å²) in [6.45, 7) is 1.07. The summed E-state index contributed by atoms with van der Waals surface area (Å²) in [6.07, 6.45) is 2.39. The molecule has 1 fully saturated rings. The van der Waals surface area contributed by atoms with Gasteiger partial charge in [-0.25, -0.2) is 9.37 Å². The first kappa shape index (κ1) is 17.3. The molecule has 6 nitrogen and oxygen atoms in total. The third-order valence-electron chi connectivity index (χ3n) is 4.04. The Kier molecular flexibility index (Phi) is 5.57. The fourth-order valence-electron chi connectivity index (χ4n) is 2.59. The van der Waals surface area contributed by atoms with Crippen molar-refractivity contribution in [2.24, 2.45) is 0 Å². The Balaban J connectivity index is 1.49. The highest BCUT2D eigenvalue weighted by molar-refractivity contribution is 5.82. The van der Waals surface area contributed by atoms with Gasteiger partial charge in [0.25, 0.3) is 0 Å². The molecule has 3 rings (SSSR count). The van der Waals surface area contributed by atoms with Crippen molar-refractivity contribution < 1.29 is 18.7 Å². The zero-order chi connectivity index (χ0) is 17.6. The fourth-order valence-corrected chi connectivity index (χ4v) is 2.59. The number of nitrogens with one attached hydrogen (secondary N) is 2. The third-order valence-corrected chi connectivity index (χ3v) is 4.04. The molecule has 2 heterocycles. The first-order valence-corrected chi connectivity index (χ1v) is 8.06. The standard InChI is InChI=1S/C18H20FN3O3/c1-24-15-8-16(20-11-15)18(23)22-10-12-2-7-17(21-9-12)25-14-5-3-13(19)4-6-14/h2-7,9,15-16,20H,8,10-11H2,1H3,(H,22,23)/t15-,16-/m0/s1. The van der Waals surface area contributed by atoms with Gasteiger partial charge in [-0.3, -0.25) is 4.79 Å². The van der Waals surface area contributed by atoms with Crippen molar-refractivity contribution in [2.75, 3.05) is 13.7 Å². The summed E-state index contributed by atoms with van der Waals surface area (Å²) in [5.41, 5.74) is 0.862. The molecule has 7 heteroatoms. The molecule has 1 amide bonds. The highest BCUT2D eigenvalue weighted by Crippen LogP contribution is 2.19. The van der Waals surface area contributed by atoms with Gasteiger partial charge in [-0.2, -0.15) is 0 Å². The molecule has 25 heavy (non-hydrogen) atoms. The summed E-state index contributed by atoms with van der Waals surface area (Å²) in [5, 5.41) is 6.02. The average Bonchev–Trinajstić information content (AvgIpc) is 3.12. The number of nitrogens with zero attached hydrogens (tertiary/aromatic N) is 1. The molecule has 0 unspecified atom stereocenters. The number of halogens is 1. The Morgan fingerprint density at radius 3 is 2.76 bits per heavy atom. The van der Waals surface area contributed by atoms with E-state index >= 15 is 0 Å². The number of hydrogen-bond acceptors (Lipinski definition) is 5. The Morgan fingerprint density at radius 2 is 2.12 bits per heavy atom. The van der Waals surface area contributed by atoms with Gasteiger partial charge in [0.2, 0.25) is 11.8 Å². The van der Waals surface area contributed by atoms with E-state index in [0.29, 0.717) is 31.1 Å². The van der Waals surface area contributed by atoms with Crippen molar-refractivity contribution in [2.45, 2.75) is 25.1 Å². The monoisotopic (exact) mass is 345 g/mol. The third kappa shape index (κ3) is 4.74. The van der Waals surface area contributed by atoms with Crippen LogP contribution in [0.15, 0.2) is 42.6 Å². The minimum absolute atomic E-state index is 0.0498. The number of carbonyl (C=O) groups is 1. The van der Waals surface area contributed by atoms with Gasteiger partial charge >= 0.3 is 0 Å². The lowest BCUT2D eigenvalue weighted by molar-refractivity contribution is -0.123. The van der Waals surface area contributed by atoms with Crippen molar-refractivity contribution in [1.82, 2.24) is 15.6 Å². The molecule has 2 atom stereocenters. The van der Waals surface area contributed by atoms with E-state index in [4.69, 9.17) is 9.47 Å². The zero-order valence-electron chi connectivity index (χ0n) is 13.9. The van der Waals surface area contributed by atoms with Crippen molar-refractivity contribution in [3.8, 4) is 11.6 Å². The summed E-state index contributed by atoms with van der Waals surface area (Å²) in [4.78, 5) is 16.3. The van der Waals surface area contributed by atoms with Crippen LogP contribution in [0.25, 0.3) is 0 Å². The Morgan fingerprint density at radius 1 is 1.32 bits per heavy atom. The molecule has 1 aliphatic rings. The molecule has 0 aliphatic carbocycles. The topological polar surface area (TPSA) is 72.5 Å². The van der Waals surface area contributed by atoms with Crippen molar-refractivity contribution >= 4 is 5.91 Å². The molecule has 1 aliphatic heterocycles. The van der Waals surface area contributed by atoms with E-state index in [2.05, 4.69) is 15.6 Å². The number of hydrogen-bond donors (Lipinski definition) is 2. The molecule has 132 valence electrons. The number of benzene rings is 1. The average molecular weight is 345 g/mol. The highest BCUT2D eigenvalue weighted by atomic mass is 19.1. The number of methoxy groups -OCH3 is 1. The van der Waals surface area contributed by atoms with E-state index in [1.165, 1.54) is 24.3 Å². The largest absolute Gasteiger partial charge is 0.439 e. The van der Waals surface area contributed by atoms with Crippen LogP contribution in [-0.4, -0.2) is 36.7 Å². The summed E-state index contributed by atoms with van der Waals surface area (Å²) in [6, 6.07) is 9.03. The predicted octanol–water partition coefficient (Wildman–Crippen LogP) is 2.01. The van der Waals surface area contributed by atoms with Crippen LogP contribution < -0.4 is 15.4 Å². The maximum Gasteiger partial charge on any atom is 0.237 e. The van der Waals surface area contributed by atoms with E-state index in [0.717, 1.165) is 5.56 Å². The van der Waals surface area contributed by atoms with E-state index in [1.54, 1.807) is 19.4 Å². The van der Waals surface area contributed by atoms with Gasteiger partial charge in [-0.05, 0) is 36.2 Å². The first-order chi connectivity index (χ1) is 12.1. The number of rotatable bonds is 6. The Hall–Kier alpha value is -2.51. The van der Waals surface area contributed by atoms with Gasteiger partial charge in [0.05, 0.1) is 12.1 Å². The molecular formula is C18H20FN3O3. The zero-order valence-corrected chi connectivity index (χ0v) is 13.9. The molecule has 0 saturated carbocycles. The predicted molar refractivity (Wildman–Crippen MR) is 89.8 cm³/mol. The van der Waals surface area contributed by atoms with Gasteiger partial charge < -0.3 is 20.1 Å². The maximum absolute atomic E-state index is 12.9. The fraction of sp³-hybridized carbons (Fsp3) is 0.333. The van der Waals surface area contributed by atoms with Gasteiger partial charge in [0.1, 0.15) is 11.6 Å². The van der Waals surface area contributed by atoms with Crippen LogP contribution in [0, 0.1) is 5.82 Å². The molecule has 1 saturated heterocycles. The Labute approximate surface area is 145 Å². The normalized spacial score (nSPS) is 19.6. The summed E-state index contributed by atoms with van der Waals surface area (Å²) in [7, 11) is 1.65. The van der Waals surface area contributed by atoms with Gasteiger partial charge in [0, 0.05) is 32.5 Å². The number of amides is 1. The van der Waals surface area contributed by atoms with Crippen molar-refractivity contribution in [3.63, 3.8) is 0 Å². The van der Waals surface area contributed by atoms with Gasteiger partial charge in [0.15, 0.2) is 0 Å². The smallest absolute Gasteiger partial charge is 0.237 e. The van der Waals surface area contributed by atoms with E-state index < -0.39 is 0 Å². The van der Waals surface area contributed by atoms with Crippen LogP contribution in [0.5, 0.6) is 11.6 Å². The lowest BCUT2D eigenvalue weighted by Crippen LogP contribution is -2.40. The van der Waals surface area contributed by atoms with Crippen LogP contribution in [0.3, 0.4) is 0 Å². The number of ether oxygens (including phenoxy) is 2. The van der Waals surface area contributed by atoms with Crippen molar-refractivity contribution in [1.29, 1.82) is 0 Å². The molecular weight excluding hydrogens is 325 g/mol. The maximum atomic E-state index is 12.9. The minimum Gasteiger partial charge on any atom is -0.439 e. The van der Waals surface area contributed by atoms with Crippen LogP contribution in [0.1, 0.15) is 12.0 Å². The number of aromatic nitrogens is 1. The number of pyridine rings is 1. The second-order valence-corrected chi connectivity index (χ2v) is 5.83. The molecule has 1 aromatic heterocycles. The second kappa shape index (κ2) is 8.04. The van der Waals surface area contributed by atoms with Crippen LogP contribution in [0.2, 0.25) is 0 Å². The van der Waals surface area contributed by atoms with Crippen LogP contribution >= 0.6 is 0 Å². The molecule has 0 bridgehead atoms. The summed E-state index contributed by atoms with van der Waals surface area (Å²) in [5.74, 6) is 0.545. The molecule has 1 aromatic carbocycles. The van der Waals surface area contributed by atoms with Gasteiger partial charge in [-0.15, -0.1) is 0 Å². The lowest BCUT2D eigenvalue weighted by Gasteiger charge is -2.11. The van der Waals surface area contributed by atoms with Crippen LogP contribution in [-0.2, 0) is 16.1 Å². The van der Waals surface area contributed by atoms with E-state index in [-0.39, 0.29) is 23.9 Å². The summed E-state index contributed by atoms with van der Waals surface area (Å²) < 4.78 is 23.6. The SMILES string of the molecule is CO[C@@H]1CN[C@H](C(=O)NCc2ccc(Oc3ccc(F)cc3)nc2)C1. The minimum atomic E-state index is -0.319. The van der Waals surface area contributed by atoms with Crippen LogP contribution in [0.4, 0.5) is 4.39 Å². The molecule has 2 aromatic rings. The van der Waals surface area contributed by atoms with E-state index in [9.17, 15) is 9.18 Å². The molecule has 0 spiro atoms. The quantitative estimate of drug-likeness (QED) is 0.838. The molecule has 0 radical (unpaired) electrons. The Bertz CT molecular complexity index is 707. The van der Waals surface area contributed by atoms with Crippen molar-refractivity contribution in [3.05, 3.63) is 54.0 Å².